The molecule has 0 spiro atoms. The van der Waals surface area contributed by atoms with E-state index in [0.717, 1.165) is 13.1 Å². The lowest BCUT2D eigenvalue weighted by Gasteiger charge is -2.28. The van der Waals surface area contributed by atoms with Crippen molar-refractivity contribution in [3.8, 4) is 0 Å². The number of hydrogen-bond acceptors (Lipinski definition) is 4. The highest BCUT2D eigenvalue weighted by Gasteiger charge is 2.28. The van der Waals surface area contributed by atoms with Gasteiger partial charge in [-0.1, -0.05) is 31.5 Å². The van der Waals surface area contributed by atoms with Crippen molar-refractivity contribution in [3.05, 3.63) is 57.2 Å². The van der Waals surface area contributed by atoms with Crippen LogP contribution in [0.25, 0.3) is 0 Å². The van der Waals surface area contributed by atoms with Crippen molar-refractivity contribution < 1.29 is 9.59 Å². The van der Waals surface area contributed by atoms with E-state index < -0.39 is 6.04 Å². The minimum absolute atomic E-state index is 0.0294. The van der Waals surface area contributed by atoms with E-state index in [1.54, 1.807) is 35.6 Å². The van der Waals surface area contributed by atoms with Gasteiger partial charge in [0.1, 0.15) is 6.04 Å². The molecule has 1 aliphatic rings. The van der Waals surface area contributed by atoms with Crippen LogP contribution in [0, 0.1) is 5.92 Å². The molecule has 5 nitrogen and oxygen atoms in total. The van der Waals surface area contributed by atoms with Crippen LogP contribution in [0.5, 0.6) is 0 Å². The summed E-state index contributed by atoms with van der Waals surface area (Å²) >= 11 is 7.61. The van der Waals surface area contributed by atoms with Gasteiger partial charge in [-0.3, -0.25) is 14.5 Å². The van der Waals surface area contributed by atoms with E-state index in [1.807, 2.05) is 19.9 Å². The molecular formula is C22H28ClN3O2S. The van der Waals surface area contributed by atoms with E-state index in [1.165, 1.54) is 17.7 Å². The lowest BCUT2D eigenvalue weighted by molar-refractivity contribution is -0.124. The molecule has 0 aliphatic carbocycles. The Morgan fingerprint density at radius 3 is 2.41 bits per heavy atom. The fraction of sp³-hybridized carbons (Fsp3) is 0.455. The first-order valence-electron chi connectivity index (χ1n) is 10.1. The van der Waals surface area contributed by atoms with Crippen LogP contribution in [-0.4, -0.2) is 42.4 Å². The smallest absolute Gasteiger partial charge is 0.251 e. The number of hydrogen-bond donors (Lipinski definition) is 2. The highest BCUT2D eigenvalue weighted by atomic mass is 35.5. The maximum atomic E-state index is 12.9. The van der Waals surface area contributed by atoms with Gasteiger partial charge in [0.25, 0.3) is 5.91 Å². The molecule has 1 saturated heterocycles. The summed E-state index contributed by atoms with van der Waals surface area (Å²) in [5.74, 6) is -0.453. The number of carbonyl (C=O) groups excluding carboxylic acids is 2. The largest absolute Gasteiger partial charge is 0.352 e. The van der Waals surface area contributed by atoms with Crippen molar-refractivity contribution in [2.24, 2.45) is 5.92 Å². The maximum absolute atomic E-state index is 12.9. The van der Waals surface area contributed by atoms with E-state index in [-0.39, 0.29) is 23.8 Å². The second-order valence-electron chi connectivity index (χ2n) is 7.72. The third-order valence-corrected chi connectivity index (χ3v) is 6.49. The molecule has 0 bridgehead atoms. The van der Waals surface area contributed by atoms with Crippen LogP contribution in [0.3, 0.4) is 0 Å². The Labute approximate surface area is 181 Å². The minimum atomic E-state index is -0.597. The van der Waals surface area contributed by atoms with Gasteiger partial charge >= 0.3 is 0 Å². The van der Waals surface area contributed by atoms with Gasteiger partial charge in [-0.15, -0.1) is 11.3 Å². The molecule has 29 heavy (non-hydrogen) atoms. The molecule has 0 saturated carbocycles. The standard InChI is InChI=1S/C22H28ClN3O2S/c1-15(2)20(25-21(27)16-7-9-17(23)10-8-16)22(28)24-14-18(19-6-5-13-29-19)26-11-3-4-12-26/h5-10,13,15,18,20H,3-4,11-12,14H2,1-2H3,(H,24,28)(H,25,27)/t18-,20-/m0/s1. The Bertz CT molecular complexity index is 802. The summed E-state index contributed by atoms with van der Waals surface area (Å²) in [6, 6.07) is 10.4. The first kappa shape index (κ1) is 21.8. The Hall–Kier alpha value is -1.89. The quantitative estimate of drug-likeness (QED) is 0.658. The van der Waals surface area contributed by atoms with Crippen LogP contribution >= 0.6 is 22.9 Å². The monoisotopic (exact) mass is 433 g/mol. The van der Waals surface area contributed by atoms with Crippen LogP contribution in [0.15, 0.2) is 41.8 Å². The molecule has 0 radical (unpaired) electrons. The average molecular weight is 434 g/mol. The van der Waals surface area contributed by atoms with Crippen LogP contribution in [-0.2, 0) is 4.79 Å². The molecule has 1 fully saturated rings. The Morgan fingerprint density at radius 1 is 1.14 bits per heavy atom. The Balaban J connectivity index is 1.63. The van der Waals surface area contributed by atoms with Gasteiger partial charge in [-0.25, -0.2) is 0 Å². The van der Waals surface area contributed by atoms with Crippen LogP contribution in [0.2, 0.25) is 5.02 Å². The second kappa shape index (κ2) is 10.2. The van der Waals surface area contributed by atoms with Crippen molar-refractivity contribution in [1.82, 2.24) is 15.5 Å². The van der Waals surface area contributed by atoms with Gasteiger partial charge in [0.15, 0.2) is 0 Å². The van der Waals surface area contributed by atoms with Gasteiger partial charge < -0.3 is 10.6 Å². The molecule has 0 unspecified atom stereocenters. The predicted molar refractivity (Wildman–Crippen MR) is 118 cm³/mol. The first-order valence-corrected chi connectivity index (χ1v) is 11.3. The summed E-state index contributed by atoms with van der Waals surface area (Å²) in [5, 5.41) is 8.60. The fourth-order valence-electron chi connectivity index (χ4n) is 3.61. The number of benzene rings is 1. The molecule has 7 heteroatoms. The maximum Gasteiger partial charge on any atom is 0.251 e. The van der Waals surface area contributed by atoms with Crippen LogP contribution < -0.4 is 10.6 Å². The number of nitrogens with zero attached hydrogens (tertiary/aromatic N) is 1. The van der Waals surface area contributed by atoms with Crippen molar-refractivity contribution in [1.29, 1.82) is 0 Å². The predicted octanol–water partition coefficient (Wildman–Crippen LogP) is 4.11. The van der Waals surface area contributed by atoms with Crippen molar-refractivity contribution in [2.45, 2.75) is 38.8 Å². The highest BCUT2D eigenvalue weighted by Crippen LogP contribution is 2.27. The molecule has 2 heterocycles. The van der Waals surface area contributed by atoms with Crippen molar-refractivity contribution in [2.75, 3.05) is 19.6 Å². The number of amides is 2. The summed E-state index contributed by atoms with van der Waals surface area (Å²) in [4.78, 5) is 29.2. The molecule has 1 aromatic heterocycles. The molecule has 2 atom stereocenters. The number of carbonyl (C=O) groups is 2. The van der Waals surface area contributed by atoms with E-state index in [9.17, 15) is 9.59 Å². The molecule has 2 aromatic rings. The van der Waals surface area contributed by atoms with Gasteiger partial charge in [-0.2, -0.15) is 0 Å². The lowest BCUT2D eigenvalue weighted by atomic mass is 10.0. The number of nitrogens with one attached hydrogen (secondary N) is 2. The molecule has 2 N–H and O–H groups in total. The van der Waals surface area contributed by atoms with Gasteiger partial charge in [0.05, 0.1) is 6.04 Å². The molecule has 2 amide bonds. The van der Waals surface area contributed by atoms with E-state index >= 15 is 0 Å². The normalized spacial score (nSPS) is 16.6. The molecular weight excluding hydrogens is 406 g/mol. The van der Waals surface area contributed by atoms with Gasteiger partial charge in [-0.05, 0) is 67.6 Å². The summed E-state index contributed by atoms with van der Waals surface area (Å²) in [6.45, 7) is 6.52. The molecule has 1 aliphatic heterocycles. The second-order valence-corrected chi connectivity index (χ2v) is 9.14. The van der Waals surface area contributed by atoms with Crippen LogP contribution in [0.1, 0.15) is 48.0 Å². The van der Waals surface area contributed by atoms with Gasteiger partial charge in [0, 0.05) is 22.0 Å². The summed E-state index contributed by atoms with van der Waals surface area (Å²) in [6.07, 6.45) is 2.39. The summed E-state index contributed by atoms with van der Waals surface area (Å²) in [7, 11) is 0. The van der Waals surface area contributed by atoms with Gasteiger partial charge in [0.2, 0.25) is 5.91 Å². The van der Waals surface area contributed by atoms with E-state index in [0.29, 0.717) is 17.1 Å². The number of likely N-dealkylation sites (tertiary alicyclic amines) is 1. The Morgan fingerprint density at radius 2 is 1.83 bits per heavy atom. The molecule has 156 valence electrons. The lowest BCUT2D eigenvalue weighted by Crippen LogP contribution is -2.51. The fourth-order valence-corrected chi connectivity index (χ4v) is 4.60. The topological polar surface area (TPSA) is 61.4 Å². The van der Waals surface area contributed by atoms with E-state index in [4.69, 9.17) is 11.6 Å². The number of halogens is 1. The highest BCUT2D eigenvalue weighted by molar-refractivity contribution is 7.10. The first-order chi connectivity index (χ1) is 14.0. The zero-order chi connectivity index (χ0) is 20.8. The third kappa shape index (κ3) is 5.81. The average Bonchev–Trinajstić information content (AvgIpc) is 3.41. The minimum Gasteiger partial charge on any atom is -0.352 e. The SMILES string of the molecule is CC(C)[C@H](NC(=O)c1ccc(Cl)cc1)C(=O)NC[C@@H](c1cccs1)N1CCCC1. The third-order valence-electron chi connectivity index (χ3n) is 5.26. The molecule has 3 rings (SSSR count). The summed E-state index contributed by atoms with van der Waals surface area (Å²) in [5.41, 5.74) is 0.487. The van der Waals surface area contributed by atoms with Crippen molar-refractivity contribution >= 4 is 34.8 Å². The Kier molecular flexibility index (Phi) is 7.70. The number of thiophene rings is 1. The zero-order valence-electron chi connectivity index (χ0n) is 16.9. The van der Waals surface area contributed by atoms with E-state index in [2.05, 4.69) is 27.0 Å². The molecule has 1 aromatic carbocycles. The summed E-state index contributed by atoms with van der Waals surface area (Å²) < 4.78 is 0. The van der Waals surface area contributed by atoms with Crippen molar-refractivity contribution in [3.63, 3.8) is 0 Å². The number of rotatable bonds is 8. The zero-order valence-corrected chi connectivity index (χ0v) is 18.4. The van der Waals surface area contributed by atoms with Crippen LogP contribution in [0.4, 0.5) is 0 Å².